The molecule has 0 N–H and O–H groups in total. The van der Waals surface area contributed by atoms with Gasteiger partial charge in [-0.3, -0.25) is 4.57 Å². The van der Waals surface area contributed by atoms with Crippen molar-refractivity contribution in [3.05, 3.63) is 120 Å². The molecule has 0 amide bonds. The fourth-order valence-corrected chi connectivity index (χ4v) is 7.91. The van der Waals surface area contributed by atoms with E-state index < -0.39 is 0 Å². The molecule has 0 atom stereocenters. The quantitative estimate of drug-likeness (QED) is 0.147. The Balaban J connectivity index is 1.32. The lowest BCUT2D eigenvalue weighted by molar-refractivity contribution is 0.482. The molecule has 0 bridgehead atoms. The van der Waals surface area contributed by atoms with E-state index in [4.69, 9.17) is 14.8 Å². The first-order valence-electron chi connectivity index (χ1n) is 15.7. The summed E-state index contributed by atoms with van der Waals surface area (Å²) in [7, 11) is 0. The molecule has 46 heavy (non-hydrogen) atoms. The van der Waals surface area contributed by atoms with Gasteiger partial charge in [0.2, 0.25) is 0 Å². The minimum absolute atomic E-state index is 0.759. The van der Waals surface area contributed by atoms with Gasteiger partial charge in [-0.2, -0.15) is 5.10 Å². The Morgan fingerprint density at radius 2 is 1.41 bits per heavy atom. The molecule has 7 heteroatoms. The van der Waals surface area contributed by atoms with E-state index in [1.807, 2.05) is 36.2 Å². The van der Waals surface area contributed by atoms with Gasteiger partial charge >= 0.3 is 0 Å². The van der Waals surface area contributed by atoms with Crippen molar-refractivity contribution in [2.24, 2.45) is 0 Å². The molecular weight excluding hydrogens is 605 g/mol. The Morgan fingerprint density at radius 1 is 0.674 bits per heavy atom. The third-order valence-electron chi connectivity index (χ3n) is 8.18. The Hall–Kier alpha value is -4.46. The van der Waals surface area contributed by atoms with Crippen LogP contribution >= 0.6 is 23.5 Å². The Labute approximate surface area is 278 Å². The lowest BCUT2D eigenvalue weighted by Crippen LogP contribution is -2.00. The molecule has 3 heterocycles. The van der Waals surface area contributed by atoms with Crippen molar-refractivity contribution in [3.8, 4) is 34.1 Å². The van der Waals surface area contributed by atoms with Gasteiger partial charge in [0, 0.05) is 34.7 Å². The molecule has 4 aromatic carbocycles. The highest BCUT2D eigenvalue weighted by atomic mass is 32.2. The number of hydrogen-bond acceptors (Lipinski definition) is 5. The lowest BCUT2D eigenvalue weighted by atomic mass is 9.98. The van der Waals surface area contributed by atoms with Gasteiger partial charge < -0.3 is 4.74 Å². The molecule has 0 aliphatic heterocycles. The van der Waals surface area contributed by atoms with E-state index in [0.29, 0.717) is 0 Å². The van der Waals surface area contributed by atoms with Crippen molar-refractivity contribution in [2.45, 2.75) is 44.7 Å². The number of rotatable bonds is 9. The van der Waals surface area contributed by atoms with Gasteiger partial charge in [0.05, 0.1) is 16.7 Å². The minimum Gasteiger partial charge on any atom is -0.457 e. The largest absolute Gasteiger partial charge is 0.457 e. The van der Waals surface area contributed by atoms with E-state index in [2.05, 4.69) is 123 Å². The number of para-hydroxylation sites is 1. The minimum atomic E-state index is 0.759. The predicted molar refractivity (Wildman–Crippen MR) is 195 cm³/mol. The van der Waals surface area contributed by atoms with Crippen molar-refractivity contribution in [1.82, 2.24) is 19.3 Å². The Bertz CT molecular complexity index is 2190. The maximum atomic E-state index is 6.58. The van der Waals surface area contributed by atoms with Gasteiger partial charge in [-0.15, -0.1) is 23.5 Å². The SMILES string of the molecule is CCSc1nn(-c2cccc(Oc3ccc4c5ccccc5n(-c5cc(C)ccn5)c4c3)c2)c(SCC)c1-c1c(C)cccc1C. The molecule has 7 rings (SSSR count). The number of thioether (sulfide) groups is 2. The van der Waals surface area contributed by atoms with Gasteiger partial charge in [0.1, 0.15) is 27.4 Å². The molecule has 0 spiro atoms. The maximum Gasteiger partial charge on any atom is 0.137 e. The number of pyridine rings is 1. The molecule has 0 unspecified atom stereocenters. The van der Waals surface area contributed by atoms with Crippen LogP contribution in [0.4, 0.5) is 0 Å². The highest BCUT2D eigenvalue weighted by molar-refractivity contribution is 8.00. The van der Waals surface area contributed by atoms with Crippen LogP contribution in [0.1, 0.15) is 30.5 Å². The molecule has 0 aliphatic carbocycles. The second-order valence-electron chi connectivity index (χ2n) is 11.4. The number of hydrogen-bond donors (Lipinski definition) is 0. The molecule has 0 saturated carbocycles. The van der Waals surface area contributed by atoms with E-state index in [-0.39, 0.29) is 0 Å². The summed E-state index contributed by atoms with van der Waals surface area (Å²) in [5, 5.41) is 9.78. The third-order valence-corrected chi connectivity index (χ3v) is 9.96. The summed E-state index contributed by atoms with van der Waals surface area (Å²) < 4.78 is 10.9. The summed E-state index contributed by atoms with van der Waals surface area (Å²) in [5.74, 6) is 4.31. The smallest absolute Gasteiger partial charge is 0.137 e. The highest BCUT2D eigenvalue weighted by Crippen LogP contribution is 2.43. The number of fused-ring (bicyclic) bond motifs is 3. The number of nitrogens with zero attached hydrogens (tertiary/aromatic N) is 4. The van der Waals surface area contributed by atoms with Gasteiger partial charge in [-0.25, -0.2) is 9.67 Å². The average Bonchev–Trinajstić information content (AvgIpc) is 3.57. The van der Waals surface area contributed by atoms with Crippen molar-refractivity contribution in [1.29, 1.82) is 0 Å². The molecular formula is C39H36N4OS2. The zero-order valence-electron chi connectivity index (χ0n) is 26.7. The summed E-state index contributed by atoms with van der Waals surface area (Å²) in [5.41, 5.74) is 9.35. The summed E-state index contributed by atoms with van der Waals surface area (Å²) in [6.07, 6.45) is 1.87. The fourth-order valence-electron chi connectivity index (χ4n) is 6.21. The molecule has 5 nitrogen and oxygen atoms in total. The van der Waals surface area contributed by atoms with Crippen LogP contribution in [0, 0.1) is 20.8 Å². The lowest BCUT2D eigenvalue weighted by Gasteiger charge is -2.14. The normalized spacial score (nSPS) is 11.5. The van der Waals surface area contributed by atoms with Crippen LogP contribution in [0.25, 0.3) is 44.4 Å². The highest BCUT2D eigenvalue weighted by Gasteiger charge is 2.23. The predicted octanol–water partition coefficient (Wildman–Crippen LogP) is 11.0. The van der Waals surface area contributed by atoms with Crippen LogP contribution in [0.5, 0.6) is 11.5 Å². The summed E-state index contributed by atoms with van der Waals surface area (Å²) in [6, 6.07) is 33.7. The number of aromatic nitrogens is 4. The molecule has 230 valence electrons. The zero-order chi connectivity index (χ0) is 31.8. The average molecular weight is 641 g/mol. The van der Waals surface area contributed by atoms with E-state index in [1.165, 1.54) is 33.2 Å². The van der Waals surface area contributed by atoms with Crippen LogP contribution in [0.2, 0.25) is 0 Å². The van der Waals surface area contributed by atoms with E-state index in [0.717, 1.165) is 61.0 Å². The molecule has 7 aromatic rings. The van der Waals surface area contributed by atoms with Crippen LogP contribution in [0.3, 0.4) is 0 Å². The summed E-state index contributed by atoms with van der Waals surface area (Å²) in [6.45, 7) is 10.9. The fraction of sp³-hybridized carbons (Fsp3) is 0.179. The van der Waals surface area contributed by atoms with E-state index in [1.54, 1.807) is 11.8 Å². The maximum absolute atomic E-state index is 6.58. The van der Waals surface area contributed by atoms with Crippen LogP contribution in [0.15, 0.2) is 113 Å². The summed E-state index contributed by atoms with van der Waals surface area (Å²) >= 11 is 3.63. The first-order chi connectivity index (χ1) is 22.5. The molecule has 0 saturated heterocycles. The third kappa shape index (κ3) is 5.48. The monoisotopic (exact) mass is 640 g/mol. The second kappa shape index (κ2) is 12.7. The number of aryl methyl sites for hydroxylation is 3. The van der Waals surface area contributed by atoms with Crippen LogP contribution < -0.4 is 4.74 Å². The van der Waals surface area contributed by atoms with Gasteiger partial charge in [0.15, 0.2) is 0 Å². The summed E-state index contributed by atoms with van der Waals surface area (Å²) in [4.78, 5) is 4.73. The number of benzene rings is 4. The first kappa shape index (κ1) is 30.2. The topological polar surface area (TPSA) is 44.9 Å². The molecule has 0 radical (unpaired) electrons. The van der Waals surface area contributed by atoms with Crippen LogP contribution in [-0.2, 0) is 0 Å². The van der Waals surface area contributed by atoms with Gasteiger partial charge in [-0.05, 0) is 97.0 Å². The van der Waals surface area contributed by atoms with Crippen molar-refractivity contribution < 1.29 is 4.74 Å². The van der Waals surface area contributed by atoms with E-state index >= 15 is 0 Å². The van der Waals surface area contributed by atoms with Gasteiger partial charge in [-0.1, -0.05) is 56.3 Å². The van der Waals surface area contributed by atoms with Crippen molar-refractivity contribution in [2.75, 3.05) is 11.5 Å². The Kier molecular flexibility index (Phi) is 8.36. The molecule has 3 aromatic heterocycles. The zero-order valence-corrected chi connectivity index (χ0v) is 28.4. The molecule has 0 fully saturated rings. The van der Waals surface area contributed by atoms with E-state index in [9.17, 15) is 0 Å². The second-order valence-corrected chi connectivity index (χ2v) is 13.9. The standard InChI is InChI=1S/C39H36N4OS2/c1-6-45-38-37(36-26(4)12-10-13-27(36)5)39(46-7-2)43(41-38)28-14-11-15-29(23-28)44-30-18-19-32-31-16-8-9-17-33(31)42(34(32)24-30)35-22-25(3)20-21-40-35/h8-24H,6-7H2,1-5H3. The van der Waals surface area contributed by atoms with Gasteiger partial charge in [0.25, 0.3) is 0 Å². The number of ether oxygens (including phenoxy) is 1. The van der Waals surface area contributed by atoms with Crippen molar-refractivity contribution >= 4 is 45.3 Å². The first-order valence-corrected chi connectivity index (χ1v) is 17.6. The van der Waals surface area contributed by atoms with Crippen LogP contribution in [-0.4, -0.2) is 30.8 Å². The van der Waals surface area contributed by atoms with Crippen molar-refractivity contribution in [3.63, 3.8) is 0 Å². The Morgan fingerprint density at radius 3 is 2.20 bits per heavy atom. The molecule has 0 aliphatic rings.